The third-order valence-corrected chi connectivity index (χ3v) is 7.65. The monoisotopic (exact) mass is 491 g/mol. The van der Waals surface area contributed by atoms with Crippen molar-refractivity contribution in [2.45, 2.75) is 37.6 Å². The minimum absolute atomic E-state index is 0.0221. The summed E-state index contributed by atoms with van der Waals surface area (Å²) < 4.78 is 5.55. The predicted molar refractivity (Wildman–Crippen MR) is 131 cm³/mol. The van der Waals surface area contributed by atoms with Crippen LogP contribution >= 0.6 is 11.3 Å². The maximum atomic E-state index is 12.7. The van der Waals surface area contributed by atoms with Crippen LogP contribution in [-0.2, 0) is 20.7 Å². The molecule has 1 aliphatic carbocycles. The zero-order chi connectivity index (χ0) is 24.6. The number of aliphatic carboxylic acids is 1. The van der Waals surface area contributed by atoms with Crippen LogP contribution in [0.1, 0.15) is 42.5 Å². The van der Waals surface area contributed by atoms with Gasteiger partial charge < -0.3 is 14.7 Å². The summed E-state index contributed by atoms with van der Waals surface area (Å²) in [6.07, 6.45) is 0.447. The number of amides is 2. The molecule has 3 aromatic rings. The zero-order valence-corrected chi connectivity index (χ0v) is 20.0. The first-order chi connectivity index (χ1) is 16.9. The number of carbonyl (C=O) groups is 3. The van der Waals surface area contributed by atoms with Gasteiger partial charge in [-0.15, -0.1) is 11.3 Å². The second kappa shape index (κ2) is 9.14. The molecule has 0 spiro atoms. The molecular weight excluding hydrogens is 466 g/mol. The molecule has 0 unspecified atom stereocenters. The lowest BCUT2D eigenvalue weighted by atomic mass is 9.98. The summed E-state index contributed by atoms with van der Waals surface area (Å²) in [7, 11) is 0. The number of aromatic nitrogens is 1. The number of nitrogens with zero attached hydrogens (tertiary/aromatic N) is 2. The Bertz CT molecular complexity index is 1260. The summed E-state index contributed by atoms with van der Waals surface area (Å²) in [6, 6.07) is 16.2. The molecule has 1 aliphatic heterocycles. The Morgan fingerprint density at radius 2 is 1.80 bits per heavy atom. The Morgan fingerprint density at radius 3 is 2.46 bits per heavy atom. The molecule has 8 nitrogen and oxygen atoms in total. The van der Waals surface area contributed by atoms with Crippen LogP contribution in [0, 0.1) is 0 Å². The standard InChI is InChI=1S/C26H25N3O5S/c1-26(23(31)32)11-6-12-29(26)22(30)13-16-15-35-24(27-16)28-25(33)34-14-21-19-9-4-2-7-17(19)18-8-3-5-10-20(18)21/h2-5,7-10,15,21H,6,11-14H2,1H3,(H,31,32)(H,27,28,33)/t26-/m0/s1. The number of carboxylic acid groups (broad SMARTS) is 1. The van der Waals surface area contributed by atoms with Gasteiger partial charge in [-0.05, 0) is 42.0 Å². The summed E-state index contributed by atoms with van der Waals surface area (Å²) in [5.41, 5.74) is 3.87. The van der Waals surface area contributed by atoms with Crippen molar-refractivity contribution in [3.8, 4) is 11.1 Å². The van der Waals surface area contributed by atoms with Crippen LogP contribution in [0.4, 0.5) is 9.93 Å². The Hall–Kier alpha value is -3.72. The van der Waals surface area contributed by atoms with Crippen LogP contribution in [0.15, 0.2) is 53.9 Å². The summed E-state index contributed by atoms with van der Waals surface area (Å²) in [5, 5.41) is 14.2. The summed E-state index contributed by atoms with van der Waals surface area (Å²) in [5.74, 6) is -1.33. The van der Waals surface area contributed by atoms with Gasteiger partial charge in [0, 0.05) is 17.8 Å². The van der Waals surface area contributed by atoms with E-state index in [4.69, 9.17) is 4.74 Å². The van der Waals surface area contributed by atoms with E-state index >= 15 is 0 Å². The van der Waals surface area contributed by atoms with Crippen LogP contribution < -0.4 is 5.32 Å². The van der Waals surface area contributed by atoms with E-state index in [-0.39, 0.29) is 24.9 Å². The normalized spacial score (nSPS) is 18.7. The number of fused-ring (bicyclic) bond motifs is 3. The van der Waals surface area contributed by atoms with Gasteiger partial charge in [-0.1, -0.05) is 48.5 Å². The minimum Gasteiger partial charge on any atom is -0.480 e. The third kappa shape index (κ3) is 4.27. The summed E-state index contributed by atoms with van der Waals surface area (Å²) in [4.78, 5) is 42.6. The van der Waals surface area contributed by atoms with Gasteiger partial charge >= 0.3 is 12.1 Å². The molecule has 1 fully saturated rings. The quantitative estimate of drug-likeness (QED) is 0.525. The molecule has 2 N–H and O–H groups in total. The molecule has 1 atom stereocenters. The fraction of sp³-hybridized carbons (Fsp3) is 0.308. The molecule has 1 aromatic heterocycles. The minimum atomic E-state index is -1.19. The molecule has 180 valence electrons. The van der Waals surface area contributed by atoms with E-state index in [1.165, 1.54) is 16.2 Å². The van der Waals surface area contributed by atoms with E-state index in [0.29, 0.717) is 30.2 Å². The van der Waals surface area contributed by atoms with Crippen LogP contribution in [0.2, 0.25) is 0 Å². The van der Waals surface area contributed by atoms with Gasteiger partial charge in [0.2, 0.25) is 5.91 Å². The molecule has 2 aliphatic rings. The average Bonchev–Trinajstić information content (AvgIpc) is 3.54. The molecule has 35 heavy (non-hydrogen) atoms. The summed E-state index contributed by atoms with van der Waals surface area (Å²) in [6.45, 7) is 2.18. The largest absolute Gasteiger partial charge is 0.480 e. The van der Waals surface area contributed by atoms with Gasteiger partial charge in [-0.25, -0.2) is 14.6 Å². The Labute approximate surface area is 206 Å². The van der Waals surface area contributed by atoms with Gasteiger partial charge in [0.1, 0.15) is 12.1 Å². The highest BCUT2D eigenvalue weighted by Crippen LogP contribution is 2.44. The van der Waals surface area contributed by atoms with E-state index in [1.807, 2.05) is 24.3 Å². The van der Waals surface area contributed by atoms with Gasteiger partial charge in [-0.2, -0.15) is 0 Å². The number of carboxylic acids is 1. The zero-order valence-electron chi connectivity index (χ0n) is 19.2. The molecule has 2 amide bonds. The number of carbonyl (C=O) groups excluding carboxylic acids is 2. The van der Waals surface area contributed by atoms with Gasteiger partial charge in [0.25, 0.3) is 0 Å². The van der Waals surface area contributed by atoms with Crippen molar-refractivity contribution in [1.29, 1.82) is 0 Å². The van der Waals surface area contributed by atoms with Crippen LogP contribution in [0.25, 0.3) is 11.1 Å². The Kier molecular flexibility index (Phi) is 6.02. The average molecular weight is 492 g/mol. The smallest absolute Gasteiger partial charge is 0.413 e. The number of hydrogen-bond acceptors (Lipinski definition) is 6. The van der Waals surface area contributed by atoms with Crippen molar-refractivity contribution in [2.24, 2.45) is 0 Å². The number of hydrogen-bond donors (Lipinski definition) is 2. The number of rotatable bonds is 6. The lowest BCUT2D eigenvalue weighted by Crippen LogP contribution is -2.51. The van der Waals surface area contributed by atoms with E-state index in [0.717, 1.165) is 22.3 Å². The van der Waals surface area contributed by atoms with Crippen molar-refractivity contribution in [1.82, 2.24) is 9.88 Å². The Morgan fingerprint density at radius 1 is 1.14 bits per heavy atom. The first-order valence-corrected chi connectivity index (χ1v) is 12.3. The third-order valence-electron chi connectivity index (χ3n) is 6.84. The number of benzene rings is 2. The number of nitrogens with one attached hydrogen (secondary N) is 1. The van der Waals surface area contributed by atoms with E-state index in [1.54, 1.807) is 12.3 Å². The van der Waals surface area contributed by atoms with Crippen LogP contribution in [0.3, 0.4) is 0 Å². The highest BCUT2D eigenvalue weighted by Gasteiger charge is 2.45. The lowest BCUT2D eigenvalue weighted by Gasteiger charge is -2.31. The highest BCUT2D eigenvalue weighted by atomic mass is 32.1. The maximum Gasteiger partial charge on any atom is 0.413 e. The lowest BCUT2D eigenvalue weighted by molar-refractivity contribution is -0.155. The van der Waals surface area contributed by atoms with Crippen molar-refractivity contribution < 1.29 is 24.2 Å². The van der Waals surface area contributed by atoms with E-state index in [2.05, 4.69) is 34.6 Å². The second-order valence-electron chi connectivity index (χ2n) is 9.00. The van der Waals surface area contributed by atoms with Crippen molar-refractivity contribution in [3.63, 3.8) is 0 Å². The molecular formula is C26H25N3O5S. The number of ether oxygens (including phenoxy) is 1. The second-order valence-corrected chi connectivity index (χ2v) is 9.86. The van der Waals surface area contributed by atoms with Gasteiger partial charge in [0.05, 0.1) is 12.1 Å². The van der Waals surface area contributed by atoms with Gasteiger partial charge in [0.15, 0.2) is 5.13 Å². The SMILES string of the molecule is C[C@@]1(C(=O)O)CCCN1C(=O)Cc1csc(NC(=O)OCC2c3ccccc3-c3ccccc32)n1. The number of likely N-dealkylation sites (tertiary alicyclic amines) is 1. The van der Waals surface area contributed by atoms with Gasteiger partial charge in [-0.3, -0.25) is 10.1 Å². The Balaban J connectivity index is 1.19. The summed E-state index contributed by atoms with van der Waals surface area (Å²) >= 11 is 1.19. The first-order valence-electron chi connectivity index (χ1n) is 11.5. The van der Waals surface area contributed by atoms with Crippen LogP contribution in [-0.4, -0.2) is 51.7 Å². The van der Waals surface area contributed by atoms with Crippen molar-refractivity contribution in [2.75, 3.05) is 18.5 Å². The molecule has 2 heterocycles. The number of anilines is 1. The van der Waals surface area contributed by atoms with Crippen molar-refractivity contribution >= 4 is 34.4 Å². The van der Waals surface area contributed by atoms with Crippen LogP contribution in [0.5, 0.6) is 0 Å². The van der Waals surface area contributed by atoms with Crippen molar-refractivity contribution in [3.05, 3.63) is 70.7 Å². The molecule has 0 bridgehead atoms. The molecule has 0 radical (unpaired) electrons. The van der Waals surface area contributed by atoms with E-state index < -0.39 is 17.6 Å². The maximum absolute atomic E-state index is 12.7. The topological polar surface area (TPSA) is 109 Å². The predicted octanol–water partition coefficient (Wildman–Crippen LogP) is 4.51. The van der Waals surface area contributed by atoms with E-state index in [9.17, 15) is 19.5 Å². The highest BCUT2D eigenvalue weighted by molar-refractivity contribution is 7.13. The molecule has 9 heteroatoms. The molecule has 5 rings (SSSR count). The molecule has 1 saturated heterocycles. The fourth-order valence-electron chi connectivity index (χ4n) is 5.00. The first kappa shape index (κ1) is 23.0. The molecule has 2 aromatic carbocycles. The number of thiazole rings is 1. The fourth-order valence-corrected chi connectivity index (χ4v) is 5.70. The molecule has 0 saturated carbocycles.